The van der Waals surface area contributed by atoms with Crippen LogP contribution in [-0.2, 0) is 9.53 Å². The third-order valence-electron chi connectivity index (χ3n) is 2.69. The van der Waals surface area contributed by atoms with E-state index in [1.807, 2.05) is 0 Å². The van der Waals surface area contributed by atoms with E-state index in [0.717, 1.165) is 13.0 Å². The number of carbonyl (C=O) groups is 1. The summed E-state index contributed by atoms with van der Waals surface area (Å²) in [4.78, 5) is 11.3. The highest BCUT2D eigenvalue weighted by atomic mass is 19.4. The van der Waals surface area contributed by atoms with E-state index in [0.29, 0.717) is 5.56 Å². The first kappa shape index (κ1) is 11.7. The first-order valence-corrected chi connectivity index (χ1v) is 4.92. The van der Waals surface area contributed by atoms with Gasteiger partial charge in [-0.15, -0.1) is 0 Å². The first-order chi connectivity index (χ1) is 7.84. The molecule has 5 heteroatoms. The summed E-state index contributed by atoms with van der Waals surface area (Å²) in [6.45, 7) is 0.811. The number of hydrogen-bond acceptors (Lipinski definition) is 2. The molecule has 1 aromatic carbocycles. The lowest BCUT2D eigenvalue weighted by Gasteiger charge is -2.20. The molecule has 2 nitrogen and oxygen atoms in total. The topological polar surface area (TPSA) is 26.3 Å². The van der Waals surface area contributed by atoms with E-state index in [-0.39, 0.29) is 5.76 Å². The van der Waals surface area contributed by atoms with Crippen molar-refractivity contribution in [2.75, 3.05) is 0 Å². The Kier molecular flexibility index (Phi) is 2.49. The van der Waals surface area contributed by atoms with E-state index in [1.54, 1.807) is 30.3 Å². The standard InChI is InChI=1S/C12H9F3O2/c1-11(12(13,14)15)7-9(17-10(11)16)8-5-3-2-4-6-8/h2-7H,1H3. The molecule has 0 saturated carbocycles. The summed E-state index contributed by atoms with van der Waals surface area (Å²) in [7, 11) is 0. The van der Waals surface area contributed by atoms with Crippen molar-refractivity contribution in [3.8, 4) is 0 Å². The van der Waals surface area contributed by atoms with Crippen molar-refractivity contribution < 1.29 is 22.7 Å². The summed E-state index contributed by atoms with van der Waals surface area (Å²) in [5, 5.41) is 0. The van der Waals surface area contributed by atoms with Gasteiger partial charge in [0.25, 0.3) is 0 Å². The van der Waals surface area contributed by atoms with Crippen LogP contribution in [0.5, 0.6) is 0 Å². The minimum atomic E-state index is -4.65. The molecule has 0 spiro atoms. The van der Waals surface area contributed by atoms with Gasteiger partial charge in [0.15, 0.2) is 5.41 Å². The molecule has 0 radical (unpaired) electrons. The van der Waals surface area contributed by atoms with Crippen LogP contribution in [0.3, 0.4) is 0 Å². The Balaban J connectivity index is 2.42. The number of hydrogen-bond donors (Lipinski definition) is 0. The second-order valence-electron chi connectivity index (χ2n) is 3.96. The molecule has 0 fully saturated rings. The monoisotopic (exact) mass is 242 g/mol. The van der Waals surface area contributed by atoms with Gasteiger partial charge in [-0.25, -0.2) is 0 Å². The van der Waals surface area contributed by atoms with Crippen LogP contribution in [0.1, 0.15) is 12.5 Å². The molecule has 1 aromatic rings. The highest BCUT2D eigenvalue weighted by molar-refractivity contribution is 5.91. The molecular formula is C12H9F3O2. The van der Waals surface area contributed by atoms with Crippen LogP contribution in [0.4, 0.5) is 13.2 Å². The fourth-order valence-corrected chi connectivity index (χ4v) is 1.50. The molecule has 90 valence electrons. The van der Waals surface area contributed by atoms with Crippen molar-refractivity contribution in [1.29, 1.82) is 0 Å². The second kappa shape index (κ2) is 3.61. The van der Waals surface area contributed by atoms with Gasteiger partial charge in [0.05, 0.1) is 0 Å². The summed E-state index contributed by atoms with van der Waals surface area (Å²) in [6.07, 6.45) is -3.83. The lowest BCUT2D eigenvalue weighted by molar-refractivity contribution is -0.207. The molecule has 0 aliphatic carbocycles. The van der Waals surface area contributed by atoms with Crippen LogP contribution in [0.25, 0.3) is 5.76 Å². The Labute approximate surface area is 95.7 Å². The van der Waals surface area contributed by atoms with Gasteiger partial charge in [-0.05, 0) is 13.0 Å². The summed E-state index contributed by atoms with van der Waals surface area (Å²) >= 11 is 0. The minimum Gasteiger partial charge on any atom is -0.425 e. The van der Waals surface area contributed by atoms with E-state index >= 15 is 0 Å². The Morgan fingerprint density at radius 1 is 1.18 bits per heavy atom. The Morgan fingerprint density at radius 3 is 2.24 bits per heavy atom. The molecule has 0 bridgehead atoms. The molecule has 1 aliphatic rings. The van der Waals surface area contributed by atoms with Crippen LogP contribution in [0, 0.1) is 5.41 Å². The van der Waals surface area contributed by atoms with Gasteiger partial charge in [-0.1, -0.05) is 30.3 Å². The zero-order chi connectivity index (χ0) is 12.7. The van der Waals surface area contributed by atoms with Gasteiger partial charge in [0.2, 0.25) is 0 Å². The van der Waals surface area contributed by atoms with E-state index in [4.69, 9.17) is 4.74 Å². The zero-order valence-electron chi connectivity index (χ0n) is 8.91. The summed E-state index contributed by atoms with van der Waals surface area (Å²) < 4.78 is 42.9. The molecule has 1 unspecified atom stereocenters. The Hall–Kier alpha value is -1.78. The van der Waals surface area contributed by atoms with Crippen LogP contribution in [0.2, 0.25) is 0 Å². The Morgan fingerprint density at radius 2 is 1.76 bits per heavy atom. The molecule has 1 heterocycles. The average molecular weight is 242 g/mol. The third kappa shape index (κ3) is 1.81. The van der Waals surface area contributed by atoms with Crippen molar-refractivity contribution in [2.24, 2.45) is 5.41 Å². The molecule has 0 saturated heterocycles. The van der Waals surface area contributed by atoms with Gasteiger partial charge in [-0.3, -0.25) is 4.79 Å². The molecule has 17 heavy (non-hydrogen) atoms. The lowest BCUT2D eigenvalue weighted by atomic mass is 9.90. The van der Waals surface area contributed by atoms with Crippen LogP contribution in [-0.4, -0.2) is 12.1 Å². The van der Waals surface area contributed by atoms with Gasteiger partial charge in [0, 0.05) is 5.56 Å². The summed E-state index contributed by atoms with van der Waals surface area (Å²) in [6, 6.07) is 8.22. The van der Waals surface area contributed by atoms with Gasteiger partial charge >= 0.3 is 12.1 Å². The maximum Gasteiger partial charge on any atom is 0.408 e. The van der Waals surface area contributed by atoms with E-state index in [9.17, 15) is 18.0 Å². The number of halogens is 3. The quantitative estimate of drug-likeness (QED) is 0.707. The van der Waals surface area contributed by atoms with E-state index in [2.05, 4.69) is 0 Å². The molecule has 1 atom stereocenters. The number of cyclic esters (lactones) is 1. The maximum atomic E-state index is 12.7. The Bertz CT molecular complexity index is 476. The van der Waals surface area contributed by atoms with Crippen molar-refractivity contribution in [3.63, 3.8) is 0 Å². The van der Waals surface area contributed by atoms with E-state index in [1.165, 1.54) is 0 Å². The minimum absolute atomic E-state index is 0.0459. The first-order valence-electron chi connectivity index (χ1n) is 4.92. The zero-order valence-corrected chi connectivity index (χ0v) is 8.91. The normalized spacial score (nSPS) is 24.5. The number of benzene rings is 1. The molecule has 0 amide bonds. The van der Waals surface area contributed by atoms with Crippen molar-refractivity contribution in [1.82, 2.24) is 0 Å². The number of carbonyl (C=O) groups excluding carboxylic acids is 1. The maximum absolute atomic E-state index is 12.7. The molecule has 0 aromatic heterocycles. The summed E-state index contributed by atoms with van der Waals surface area (Å²) in [5.74, 6) is -1.33. The fraction of sp³-hybridized carbons (Fsp3) is 0.250. The SMILES string of the molecule is CC1(C(F)(F)F)C=C(c2ccccc2)OC1=O. The summed E-state index contributed by atoms with van der Waals surface area (Å²) in [5.41, 5.74) is -2.10. The molecule has 2 rings (SSSR count). The molecular weight excluding hydrogens is 233 g/mol. The number of rotatable bonds is 1. The van der Waals surface area contributed by atoms with Crippen LogP contribution >= 0.6 is 0 Å². The lowest BCUT2D eigenvalue weighted by Crippen LogP contribution is -2.38. The molecule has 0 N–H and O–H groups in total. The smallest absolute Gasteiger partial charge is 0.408 e. The van der Waals surface area contributed by atoms with Gasteiger partial charge < -0.3 is 4.74 Å². The van der Waals surface area contributed by atoms with Crippen molar-refractivity contribution >= 4 is 11.7 Å². The van der Waals surface area contributed by atoms with Crippen LogP contribution < -0.4 is 0 Å². The molecule has 1 aliphatic heterocycles. The largest absolute Gasteiger partial charge is 0.425 e. The highest BCUT2D eigenvalue weighted by Crippen LogP contribution is 2.46. The van der Waals surface area contributed by atoms with Gasteiger partial charge in [0.1, 0.15) is 5.76 Å². The van der Waals surface area contributed by atoms with Gasteiger partial charge in [-0.2, -0.15) is 13.2 Å². The predicted molar refractivity (Wildman–Crippen MR) is 54.7 cm³/mol. The number of ether oxygens (including phenoxy) is 1. The number of alkyl halides is 3. The third-order valence-corrected chi connectivity index (χ3v) is 2.69. The average Bonchev–Trinajstić information content (AvgIpc) is 2.57. The van der Waals surface area contributed by atoms with Crippen LogP contribution in [0.15, 0.2) is 36.4 Å². The second-order valence-corrected chi connectivity index (χ2v) is 3.96. The number of esters is 1. The van der Waals surface area contributed by atoms with E-state index < -0.39 is 17.6 Å². The van der Waals surface area contributed by atoms with Crippen molar-refractivity contribution in [3.05, 3.63) is 42.0 Å². The predicted octanol–water partition coefficient (Wildman–Crippen LogP) is 3.15. The van der Waals surface area contributed by atoms with Crippen molar-refractivity contribution in [2.45, 2.75) is 13.1 Å². The fourth-order valence-electron chi connectivity index (χ4n) is 1.50. The highest BCUT2D eigenvalue weighted by Gasteiger charge is 2.59.